The molecule has 2 aromatic carbocycles. The van der Waals surface area contributed by atoms with E-state index in [0.29, 0.717) is 66.3 Å². The molecule has 8 aliphatic heterocycles. The number of phenols is 1. The van der Waals surface area contributed by atoms with E-state index in [2.05, 4.69) is 29.8 Å². The minimum Gasteiger partial charge on any atom is -0.508 e. The molecule has 7 saturated heterocycles. The number of carbonyl (C=O) groups is 2. The van der Waals surface area contributed by atoms with Gasteiger partial charge in [-0.15, -0.1) is 0 Å². The molecule has 8 N–H and O–H groups in total. The predicted octanol–water partition coefficient (Wildman–Crippen LogP) is 7.62. The van der Waals surface area contributed by atoms with E-state index in [1.165, 1.54) is 37.4 Å². The number of rotatable bonds is 19. The fraction of sp³-hybridized carbons (Fsp3) is 0.686. The van der Waals surface area contributed by atoms with Gasteiger partial charge < -0.3 is 103 Å². The van der Waals surface area contributed by atoms with Crippen LogP contribution in [0.15, 0.2) is 63.8 Å². The molecular weight excluding hydrogens is 1250 g/mol. The van der Waals surface area contributed by atoms with Gasteiger partial charge in [0.25, 0.3) is 0 Å². The summed E-state index contributed by atoms with van der Waals surface area (Å²) >= 11 is 5.59. The molecule has 1 amide bonds. The number of carboxylic acid groups (broad SMARTS) is 1. The summed E-state index contributed by atoms with van der Waals surface area (Å²) in [5.41, 5.74) is -0.146. The van der Waals surface area contributed by atoms with E-state index in [0.717, 1.165) is 6.42 Å². The van der Waals surface area contributed by atoms with E-state index < -0.39 is 132 Å². The molecule has 0 unspecified atom stereocenters. The summed E-state index contributed by atoms with van der Waals surface area (Å²) < 4.78 is 85.1. The highest BCUT2D eigenvalue weighted by atomic mass is 32.1. The van der Waals surface area contributed by atoms with Crippen LogP contribution < -0.4 is 21.4 Å². The van der Waals surface area contributed by atoms with Crippen molar-refractivity contribution in [1.29, 1.82) is 0 Å². The van der Waals surface area contributed by atoms with E-state index in [9.17, 15) is 39.9 Å². The van der Waals surface area contributed by atoms with Crippen LogP contribution in [0.5, 0.6) is 5.75 Å². The second-order valence-electron chi connectivity index (χ2n) is 28.5. The van der Waals surface area contributed by atoms with Crippen LogP contribution in [-0.2, 0) is 61.6 Å². The fourth-order valence-corrected chi connectivity index (χ4v) is 16.7. The lowest BCUT2D eigenvalue weighted by Crippen LogP contribution is -2.66. The number of fused-ring (bicyclic) bond motifs is 2. The summed E-state index contributed by atoms with van der Waals surface area (Å²) in [5.74, 6) is -7.94. The van der Waals surface area contributed by atoms with E-state index in [1.807, 2.05) is 34.6 Å². The first-order valence-corrected chi connectivity index (χ1v) is 33.9. The molecule has 95 heavy (non-hydrogen) atoms. The number of carboxylic acids is 1. The predicted molar refractivity (Wildman–Crippen MR) is 351 cm³/mol. The minimum atomic E-state index is -2.05. The molecule has 2 aromatic rings. The van der Waals surface area contributed by atoms with Gasteiger partial charge in [-0.1, -0.05) is 40.7 Å². The van der Waals surface area contributed by atoms with Crippen LogP contribution in [0.25, 0.3) is 33.4 Å². The maximum absolute atomic E-state index is 13.9. The second kappa shape index (κ2) is 27.9. The van der Waals surface area contributed by atoms with Crippen molar-refractivity contribution in [2.75, 3.05) is 46.8 Å². The summed E-state index contributed by atoms with van der Waals surface area (Å²) in [7, 11) is 6.38. The van der Waals surface area contributed by atoms with E-state index in [-0.39, 0.29) is 82.9 Å². The molecule has 9 aliphatic rings. The van der Waals surface area contributed by atoms with Gasteiger partial charge in [-0.05, 0) is 113 Å². The first kappa shape index (κ1) is 71.3. The zero-order chi connectivity index (χ0) is 68.4. The summed E-state index contributed by atoms with van der Waals surface area (Å²) in [6.07, 6.45) is -3.94. The zero-order valence-corrected chi connectivity index (χ0v) is 57.4. The van der Waals surface area contributed by atoms with Crippen molar-refractivity contribution in [3.8, 4) is 28.2 Å². The van der Waals surface area contributed by atoms with Crippen LogP contribution in [0, 0.1) is 29.6 Å². The summed E-state index contributed by atoms with van der Waals surface area (Å²) in [6, 6.07) is 13.4. The molecule has 0 radical (unpaired) electrons. The molecule has 524 valence electrons. The Kier molecular flexibility index (Phi) is 21.0. The average molecular weight is 1350 g/mol. The van der Waals surface area contributed by atoms with Crippen LogP contribution >= 0.6 is 12.2 Å². The molecule has 24 atom stereocenters. The lowest BCUT2D eigenvalue weighted by molar-refractivity contribution is -0.364. The summed E-state index contributed by atoms with van der Waals surface area (Å²) in [5, 5.41) is 66.2. The monoisotopic (exact) mass is 1350 g/mol. The highest BCUT2D eigenvalue weighted by molar-refractivity contribution is 7.80. The Morgan fingerprint density at radius 1 is 0.768 bits per heavy atom. The maximum Gasteiger partial charge on any atom is 0.336 e. The number of thiocarbonyl (C=S) groups is 1. The van der Waals surface area contributed by atoms with Crippen molar-refractivity contribution < 1.29 is 96.4 Å². The van der Waals surface area contributed by atoms with E-state index >= 15 is 0 Å². The summed E-state index contributed by atoms with van der Waals surface area (Å²) in [6.45, 7) is 17.7. The van der Waals surface area contributed by atoms with Crippen molar-refractivity contribution in [2.45, 2.75) is 234 Å². The molecule has 0 saturated carbocycles. The van der Waals surface area contributed by atoms with E-state index in [4.69, 9.17) is 73.5 Å². The number of ether oxygens (including phenoxy) is 12. The highest BCUT2D eigenvalue weighted by Gasteiger charge is 2.64. The van der Waals surface area contributed by atoms with Crippen molar-refractivity contribution in [3.63, 3.8) is 0 Å². The number of phenolic OH excluding ortho intramolecular Hbond substituents is 1. The topological polar surface area (TPSA) is 312 Å². The van der Waals surface area contributed by atoms with Crippen LogP contribution in [0.1, 0.15) is 130 Å². The number of aromatic carboxylic acids is 1. The molecule has 7 fully saturated rings. The fourth-order valence-electron chi connectivity index (χ4n) is 16.5. The van der Waals surface area contributed by atoms with Crippen molar-refractivity contribution >= 4 is 45.9 Å². The molecule has 0 aromatic heterocycles. The Morgan fingerprint density at radius 2 is 1.49 bits per heavy atom. The van der Waals surface area contributed by atoms with Crippen LogP contribution in [0.4, 0.5) is 5.69 Å². The molecule has 8 heterocycles. The molecule has 25 heteroatoms. The number of benzene rings is 3. The molecule has 0 bridgehead atoms. The number of hydrogen-bond acceptors (Lipinski definition) is 21. The molecule has 1 spiro atoms. The smallest absolute Gasteiger partial charge is 0.336 e. The second-order valence-corrected chi connectivity index (χ2v) is 28.9. The summed E-state index contributed by atoms with van der Waals surface area (Å²) in [4.78, 5) is 39.0. The first-order chi connectivity index (χ1) is 44.9. The Balaban J connectivity index is 0.726. The Morgan fingerprint density at radius 3 is 2.21 bits per heavy atom. The van der Waals surface area contributed by atoms with Gasteiger partial charge in [-0.3, -0.25) is 9.59 Å². The van der Waals surface area contributed by atoms with Crippen molar-refractivity contribution in [2.24, 2.45) is 29.6 Å². The number of anilines is 1. The third-order valence-corrected chi connectivity index (χ3v) is 22.2. The number of amides is 1. The Hall–Kier alpha value is -5.04. The van der Waals surface area contributed by atoms with Crippen molar-refractivity contribution in [1.82, 2.24) is 10.6 Å². The normalized spacial score (nSPS) is 40.1. The van der Waals surface area contributed by atoms with Gasteiger partial charge in [-0.2, -0.15) is 0 Å². The maximum atomic E-state index is 13.9. The minimum absolute atomic E-state index is 0.0687. The average Bonchev–Trinajstić information content (AvgIpc) is 1.72. The van der Waals surface area contributed by atoms with Crippen molar-refractivity contribution in [3.05, 3.63) is 70.4 Å². The van der Waals surface area contributed by atoms with Gasteiger partial charge >= 0.3 is 5.97 Å². The number of carbonyl (C=O) groups excluding carboxylic acids is 1. The van der Waals surface area contributed by atoms with Gasteiger partial charge in [0.05, 0.1) is 84.2 Å². The lowest BCUT2D eigenvalue weighted by atomic mass is 9.75. The number of nitrogens with one attached hydrogen (secondary N) is 3. The number of hydrogen-bond donors (Lipinski definition) is 8. The molecular formula is C70H97N3O21S. The largest absolute Gasteiger partial charge is 0.508 e. The molecule has 24 nitrogen and oxygen atoms in total. The van der Waals surface area contributed by atoms with Crippen LogP contribution in [0.3, 0.4) is 0 Å². The van der Waals surface area contributed by atoms with Crippen LogP contribution in [0.2, 0.25) is 0 Å². The van der Waals surface area contributed by atoms with Gasteiger partial charge in [0.2, 0.25) is 5.91 Å². The van der Waals surface area contributed by atoms with Gasteiger partial charge in [0.15, 0.2) is 34.2 Å². The number of methoxy groups -OCH3 is 4. The van der Waals surface area contributed by atoms with Gasteiger partial charge in [0, 0.05) is 125 Å². The SMILES string of the molecule is CO[C@@H]1[C@@H](OC)[C@H](C)[C@@](O)(CC(=O)NCCNC(=S)Nc2ccc(-c3c4ccc(=O)cc-4oc4cc(O)ccc34)c(C(=O)O)c2)O[C@H]1[C@H](C)[C@H]1O[C@@]2(CC[C@@](C)([C@H]3CC[C@@](C)([C@@H]4O[C@@H]([C@H]5O[C@](C)(O)[C@H](C)C[C@@H]5C)C[C@@H]4O[C@@H]4C[C@H](OC)[C@@H](OC)[C@H](C)O4)O3)O2)C[C@H](O)[C@H]1C. The Labute approximate surface area is 559 Å². The van der Waals surface area contributed by atoms with E-state index in [1.54, 1.807) is 59.4 Å². The van der Waals surface area contributed by atoms with Gasteiger partial charge in [0.1, 0.15) is 35.4 Å². The first-order valence-electron chi connectivity index (χ1n) is 33.5. The zero-order valence-electron chi connectivity index (χ0n) is 56.6. The Bertz CT molecular complexity index is 3450. The molecule has 1 aliphatic carbocycles. The lowest BCUT2D eigenvalue weighted by Gasteiger charge is -2.54. The van der Waals surface area contributed by atoms with Crippen LogP contribution in [-0.4, -0.2) is 198 Å². The highest BCUT2D eigenvalue weighted by Crippen LogP contribution is 2.55. The quantitative estimate of drug-likeness (QED) is 0.0254. The molecule has 11 rings (SSSR count). The third kappa shape index (κ3) is 14.2. The number of aliphatic hydroxyl groups is 3. The number of aliphatic hydroxyl groups excluding tert-OH is 1. The van der Waals surface area contributed by atoms with Gasteiger partial charge in [-0.25, -0.2) is 4.79 Å². The third-order valence-electron chi connectivity index (χ3n) is 22.0. The standard InChI is InChI=1S/C70H97N3O21S/c1-34-26-35(2)68(9,80)91-57(34)51-30-52(88-55-31-50(82-10)61(84-12)39(6)86-55)63(89-51)67(8)21-20-53(90-67)66(7)22-23-69(94-66)32-47(76)36(3)58(92-69)37(4)59-62(85-13)60(83-11)38(5)70(81,93-59)33-54(77)71-24-25-72-65(95)73-40-14-17-43(46(27-40)64(78)79)56-44-18-15-41(74)28-48(44)87-49-29-42(75)16-19-45(49)56/h14-19,27-29,34-39,47,50-53,55,57-63,74,76,80-81H,20-26,30-33H2,1-13H3,(H,71,77)(H,78,79)(H2,72,73,95)/t34-,35+,36+,37+,38-,39-,47-,50-,51+,52-,53+,55+,57-,58-,59-,60-,61-,62-,63+,66-,67-,68-,69+,70+/m0/s1. The number of aromatic hydroxyl groups is 1.